The first-order valence-corrected chi connectivity index (χ1v) is 13.7. The van der Waals surface area contributed by atoms with Crippen molar-refractivity contribution in [2.75, 3.05) is 64.4 Å². The monoisotopic (exact) mass is 509 g/mol. The Kier molecular flexibility index (Phi) is 7.98. The highest BCUT2D eigenvalue weighted by molar-refractivity contribution is 5.85. The number of amides is 2. The quantitative estimate of drug-likeness (QED) is 0.592. The van der Waals surface area contributed by atoms with Crippen molar-refractivity contribution in [2.45, 2.75) is 51.5 Å². The molecule has 3 aliphatic rings. The topological polar surface area (TPSA) is 82.4 Å². The van der Waals surface area contributed by atoms with E-state index in [1.807, 2.05) is 30.0 Å². The molecular formula is C28H39N5O4. The number of anilines is 1. The molecule has 4 heterocycles. The van der Waals surface area contributed by atoms with Crippen LogP contribution in [0.25, 0.3) is 11.3 Å². The first-order valence-electron chi connectivity index (χ1n) is 13.7. The highest BCUT2D eigenvalue weighted by Crippen LogP contribution is 2.34. The highest BCUT2D eigenvalue weighted by Gasteiger charge is 2.30. The van der Waals surface area contributed by atoms with Gasteiger partial charge >= 0.3 is 0 Å². The summed E-state index contributed by atoms with van der Waals surface area (Å²) in [5.41, 5.74) is 1.83. The molecular weight excluding hydrogens is 470 g/mol. The van der Waals surface area contributed by atoms with Crippen LogP contribution in [-0.4, -0.2) is 97.0 Å². The molecule has 0 radical (unpaired) electrons. The molecule has 3 saturated heterocycles. The summed E-state index contributed by atoms with van der Waals surface area (Å²) in [6.45, 7) is 7.78. The number of nitrogens with zero attached hydrogens (tertiary/aromatic N) is 5. The van der Waals surface area contributed by atoms with E-state index in [1.165, 1.54) is 32.4 Å². The van der Waals surface area contributed by atoms with Crippen LogP contribution in [0.4, 0.5) is 5.69 Å². The first kappa shape index (κ1) is 25.6. The van der Waals surface area contributed by atoms with Gasteiger partial charge in [-0.1, -0.05) is 6.42 Å². The number of hydrogen-bond acceptors (Lipinski definition) is 7. The fourth-order valence-electron chi connectivity index (χ4n) is 5.89. The van der Waals surface area contributed by atoms with Crippen LogP contribution in [0, 0.1) is 6.92 Å². The number of methoxy groups -OCH3 is 1. The molecule has 0 atom stereocenters. The largest absolute Gasteiger partial charge is 0.496 e. The first-order chi connectivity index (χ1) is 18.0. The summed E-state index contributed by atoms with van der Waals surface area (Å²) < 4.78 is 11.3. The molecule has 1 aromatic carbocycles. The van der Waals surface area contributed by atoms with Crippen LogP contribution < -0.4 is 9.64 Å². The second-order valence-electron chi connectivity index (χ2n) is 10.4. The van der Waals surface area contributed by atoms with E-state index in [9.17, 15) is 9.59 Å². The molecule has 200 valence electrons. The van der Waals surface area contributed by atoms with E-state index in [2.05, 4.69) is 14.8 Å². The number of oxazole rings is 1. The van der Waals surface area contributed by atoms with Gasteiger partial charge in [0.2, 0.25) is 11.8 Å². The van der Waals surface area contributed by atoms with Crippen LogP contribution in [0.3, 0.4) is 0 Å². The predicted molar refractivity (Wildman–Crippen MR) is 142 cm³/mol. The molecule has 9 heteroatoms. The molecule has 5 rings (SSSR count). The van der Waals surface area contributed by atoms with Crippen molar-refractivity contribution >= 4 is 17.5 Å². The molecule has 9 nitrogen and oxygen atoms in total. The van der Waals surface area contributed by atoms with Crippen LogP contribution in [0.1, 0.15) is 44.4 Å². The van der Waals surface area contributed by atoms with E-state index in [0.29, 0.717) is 49.5 Å². The number of rotatable bonds is 6. The van der Waals surface area contributed by atoms with Gasteiger partial charge in [-0.2, -0.15) is 0 Å². The third-order valence-electron chi connectivity index (χ3n) is 8.08. The minimum Gasteiger partial charge on any atom is -0.496 e. The second-order valence-corrected chi connectivity index (χ2v) is 10.4. The average Bonchev–Trinajstić information content (AvgIpc) is 3.29. The minimum atomic E-state index is 0.0415. The van der Waals surface area contributed by atoms with Gasteiger partial charge in [0.05, 0.1) is 25.4 Å². The van der Waals surface area contributed by atoms with Crippen molar-refractivity contribution in [1.82, 2.24) is 19.7 Å². The highest BCUT2D eigenvalue weighted by atomic mass is 16.5. The van der Waals surface area contributed by atoms with Crippen LogP contribution in [-0.2, 0) is 9.59 Å². The van der Waals surface area contributed by atoms with Crippen molar-refractivity contribution in [3.05, 3.63) is 30.3 Å². The van der Waals surface area contributed by atoms with Gasteiger partial charge in [0.1, 0.15) is 5.75 Å². The van der Waals surface area contributed by atoms with Gasteiger partial charge in [0.15, 0.2) is 11.7 Å². The maximum Gasteiger partial charge on any atom is 0.242 e. The van der Waals surface area contributed by atoms with E-state index in [1.54, 1.807) is 18.2 Å². The third kappa shape index (κ3) is 5.92. The molecule has 0 unspecified atom stereocenters. The fraction of sp³-hybridized carbons (Fsp3) is 0.607. The van der Waals surface area contributed by atoms with Crippen LogP contribution in [0.15, 0.2) is 28.8 Å². The van der Waals surface area contributed by atoms with Gasteiger partial charge in [-0.15, -0.1) is 0 Å². The molecule has 0 aliphatic carbocycles. The lowest BCUT2D eigenvalue weighted by atomic mass is 10.00. The molecule has 0 bridgehead atoms. The van der Waals surface area contributed by atoms with E-state index >= 15 is 0 Å². The lowest BCUT2D eigenvalue weighted by Gasteiger charge is -2.40. The van der Waals surface area contributed by atoms with E-state index in [4.69, 9.17) is 9.15 Å². The van der Waals surface area contributed by atoms with Gasteiger partial charge in [-0.05, 0) is 50.9 Å². The summed E-state index contributed by atoms with van der Waals surface area (Å²) in [6.07, 6.45) is 8.10. The minimum absolute atomic E-state index is 0.0415. The zero-order valence-corrected chi connectivity index (χ0v) is 22.2. The maximum atomic E-state index is 13.1. The number of hydrogen-bond donors (Lipinski definition) is 0. The Labute approximate surface area is 219 Å². The number of benzene rings is 1. The summed E-state index contributed by atoms with van der Waals surface area (Å²) in [5, 5.41) is 0. The van der Waals surface area contributed by atoms with Gasteiger partial charge in [-0.3, -0.25) is 9.59 Å². The number of carbonyl (C=O) groups is 2. The molecule has 3 aliphatic heterocycles. The summed E-state index contributed by atoms with van der Waals surface area (Å²) in [4.78, 5) is 38.7. The third-order valence-corrected chi connectivity index (χ3v) is 8.08. The number of carbonyl (C=O) groups excluding carboxylic acids is 2. The number of likely N-dealkylation sites (tertiary alicyclic amines) is 2. The Morgan fingerprint density at radius 3 is 2.54 bits per heavy atom. The molecule has 2 aromatic rings. The van der Waals surface area contributed by atoms with E-state index < -0.39 is 0 Å². The Balaban J connectivity index is 1.16. The number of aryl methyl sites for hydroxylation is 1. The molecule has 2 amide bonds. The summed E-state index contributed by atoms with van der Waals surface area (Å²) >= 11 is 0. The standard InChI is InChI=1S/C28H39N5O4/c1-21-29-19-26(37-21)24-7-6-23(18-25(24)36-2)31-15-10-27(34)33(17-16-31)20-28(35)32-13-8-22(9-14-32)30-11-4-3-5-12-30/h6-7,18-19,22H,3-5,8-17,20H2,1-2H3. The average molecular weight is 510 g/mol. The predicted octanol–water partition coefficient (Wildman–Crippen LogP) is 3.17. The smallest absolute Gasteiger partial charge is 0.242 e. The van der Waals surface area contributed by atoms with Crippen LogP contribution in [0.2, 0.25) is 0 Å². The zero-order chi connectivity index (χ0) is 25.8. The van der Waals surface area contributed by atoms with Crippen molar-refractivity contribution < 1.29 is 18.7 Å². The Morgan fingerprint density at radius 2 is 1.84 bits per heavy atom. The molecule has 3 fully saturated rings. The molecule has 0 spiro atoms. The maximum absolute atomic E-state index is 13.1. The van der Waals surface area contributed by atoms with E-state index in [-0.39, 0.29) is 18.4 Å². The SMILES string of the molecule is COc1cc(N2CCC(=O)N(CC(=O)N3CCC(N4CCCCC4)CC3)CC2)ccc1-c1cnc(C)o1. The lowest BCUT2D eigenvalue weighted by molar-refractivity contribution is -0.141. The second kappa shape index (κ2) is 11.5. The van der Waals surface area contributed by atoms with Crippen molar-refractivity contribution in [3.63, 3.8) is 0 Å². The van der Waals surface area contributed by atoms with Gasteiger partial charge in [0.25, 0.3) is 0 Å². The van der Waals surface area contributed by atoms with Gasteiger partial charge in [-0.25, -0.2) is 4.98 Å². The summed E-state index contributed by atoms with van der Waals surface area (Å²) in [7, 11) is 1.64. The number of ether oxygens (including phenoxy) is 1. The molecule has 0 N–H and O–H groups in total. The molecule has 37 heavy (non-hydrogen) atoms. The Bertz CT molecular complexity index is 1090. The summed E-state index contributed by atoms with van der Waals surface area (Å²) in [6, 6.07) is 6.57. The van der Waals surface area contributed by atoms with Crippen LogP contribution >= 0.6 is 0 Å². The van der Waals surface area contributed by atoms with Gasteiger partial charge in [0, 0.05) is 63.9 Å². The van der Waals surface area contributed by atoms with Gasteiger partial charge < -0.3 is 28.8 Å². The number of aromatic nitrogens is 1. The lowest BCUT2D eigenvalue weighted by Crippen LogP contribution is -2.50. The fourth-order valence-corrected chi connectivity index (χ4v) is 5.89. The molecule has 0 saturated carbocycles. The Morgan fingerprint density at radius 1 is 1.05 bits per heavy atom. The zero-order valence-electron chi connectivity index (χ0n) is 22.2. The Hall–Kier alpha value is -3.07. The van der Waals surface area contributed by atoms with E-state index in [0.717, 1.165) is 37.2 Å². The van der Waals surface area contributed by atoms with Crippen molar-refractivity contribution in [1.29, 1.82) is 0 Å². The normalized spacial score (nSPS) is 20.3. The van der Waals surface area contributed by atoms with Crippen molar-refractivity contribution in [3.8, 4) is 17.1 Å². The van der Waals surface area contributed by atoms with Crippen molar-refractivity contribution in [2.24, 2.45) is 0 Å². The van der Waals surface area contributed by atoms with Crippen LogP contribution in [0.5, 0.6) is 5.75 Å². The molecule has 1 aromatic heterocycles. The number of piperidine rings is 2. The summed E-state index contributed by atoms with van der Waals surface area (Å²) in [5.74, 6) is 2.08.